The lowest BCUT2D eigenvalue weighted by atomic mass is 10.0. The van der Waals surface area contributed by atoms with Crippen LogP contribution in [-0.4, -0.2) is 66.0 Å². The Balaban J connectivity index is 0.00000924. The van der Waals surface area contributed by atoms with Gasteiger partial charge in [0.15, 0.2) is 5.96 Å². The van der Waals surface area contributed by atoms with Gasteiger partial charge in [0.2, 0.25) is 17.7 Å². The minimum absolute atomic E-state index is 0. The van der Waals surface area contributed by atoms with E-state index in [1.807, 2.05) is 0 Å². The first kappa shape index (κ1) is 36.4. The Morgan fingerprint density at radius 3 is 2.07 bits per heavy atom. The van der Waals surface area contributed by atoms with Gasteiger partial charge in [-0.25, -0.2) is 4.79 Å². The van der Waals surface area contributed by atoms with Crippen LogP contribution in [0.3, 0.4) is 0 Å². The maximum absolute atomic E-state index is 13.4. The SMILES string of the molecule is C=CCOc1ccc(C[C@H](NC(C)=O)C(=O)N[C@@H](CCCCNC(=N)N)C(=O)N[C@@H](Cc2ccccc2)C(=O)O)cc1.Cl. The summed E-state index contributed by atoms with van der Waals surface area (Å²) >= 11 is 0. The summed E-state index contributed by atoms with van der Waals surface area (Å²) in [6.45, 7) is 5.64. The molecule has 13 heteroatoms. The molecule has 2 aromatic rings. The fourth-order valence-electron chi connectivity index (χ4n) is 4.13. The van der Waals surface area contributed by atoms with Crippen LogP contribution >= 0.6 is 12.4 Å². The van der Waals surface area contributed by atoms with Crippen molar-refractivity contribution in [1.82, 2.24) is 21.3 Å². The van der Waals surface area contributed by atoms with Gasteiger partial charge >= 0.3 is 5.97 Å². The number of amides is 3. The first-order chi connectivity index (χ1) is 20.1. The summed E-state index contributed by atoms with van der Waals surface area (Å²) in [5, 5.41) is 27.6. The molecule has 0 heterocycles. The number of halogens is 1. The molecule has 0 unspecified atom stereocenters. The zero-order valence-corrected chi connectivity index (χ0v) is 25.0. The number of guanidine groups is 1. The van der Waals surface area contributed by atoms with Crippen LogP contribution in [0.5, 0.6) is 5.75 Å². The molecule has 3 amide bonds. The number of rotatable bonds is 18. The van der Waals surface area contributed by atoms with Gasteiger partial charge < -0.3 is 36.8 Å². The molecule has 0 radical (unpaired) electrons. The van der Waals surface area contributed by atoms with Crippen molar-refractivity contribution in [2.45, 2.75) is 57.2 Å². The monoisotopic (exact) mass is 616 g/mol. The molecular formula is C30H41ClN6O6. The van der Waals surface area contributed by atoms with Gasteiger partial charge in [0.1, 0.15) is 30.5 Å². The summed E-state index contributed by atoms with van der Waals surface area (Å²) in [7, 11) is 0. The van der Waals surface area contributed by atoms with Gasteiger partial charge in [0, 0.05) is 26.3 Å². The second-order valence-electron chi connectivity index (χ2n) is 9.69. The predicted molar refractivity (Wildman–Crippen MR) is 166 cm³/mol. The third-order valence-electron chi connectivity index (χ3n) is 6.19. The number of carboxylic acid groups (broad SMARTS) is 1. The van der Waals surface area contributed by atoms with E-state index in [9.17, 15) is 24.3 Å². The molecule has 0 saturated heterocycles. The second-order valence-corrected chi connectivity index (χ2v) is 9.69. The van der Waals surface area contributed by atoms with Crippen molar-refractivity contribution in [2.75, 3.05) is 13.2 Å². The number of nitrogens with one attached hydrogen (secondary N) is 5. The summed E-state index contributed by atoms with van der Waals surface area (Å²) in [5.74, 6) is -2.43. The highest BCUT2D eigenvalue weighted by atomic mass is 35.5. The minimum Gasteiger partial charge on any atom is -0.490 e. The normalized spacial score (nSPS) is 12.3. The van der Waals surface area contributed by atoms with Crippen LogP contribution in [0.1, 0.15) is 37.3 Å². The lowest BCUT2D eigenvalue weighted by Crippen LogP contribution is -2.56. The third kappa shape index (κ3) is 14.2. The fourth-order valence-corrected chi connectivity index (χ4v) is 4.13. The fraction of sp³-hybridized carbons (Fsp3) is 0.367. The van der Waals surface area contributed by atoms with Crippen LogP contribution in [0.2, 0.25) is 0 Å². The highest BCUT2D eigenvalue weighted by molar-refractivity contribution is 5.93. The number of ether oxygens (including phenoxy) is 1. The van der Waals surface area contributed by atoms with E-state index in [0.717, 1.165) is 11.1 Å². The third-order valence-corrected chi connectivity index (χ3v) is 6.19. The van der Waals surface area contributed by atoms with Crippen LogP contribution in [0.4, 0.5) is 0 Å². The molecule has 0 aromatic heterocycles. The Hall–Kier alpha value is -4.58. The summed E-state index contributed by atoms with van der Waals surface area (Å²) in [6.07, 6.45) is 3.03. The van der Waals surface area contributed by atoms with Crippen molar-refractivity contribution in [3.8, 4) is 5.75 Å². The van der Waals surface area contributed by atoms with Gasteiger partial charge in [-0.1, -0.05) is 55.1 Å². The number of nitrogens with two attached hydrogens (primary N) is 1. The number of unbranched alkanes of at least 4 members (excludes halogenated alkanes) is 1. The van der Waals surface area contributed by atoms with Gasteiger partial charge in [-0.15, -0.1) is 12.4 Å². The number of hydrogen-bond donors (Lipinski definition) is 7. The van der Waals surface area contributed by atoms with Gasteiger partial charge in [-0.3, -0.25) is 19.8 Å². The van der Waals surface area contributed by atoms with Gasteiger partial charge in [-0.2, -0.15) is 0 Å². The van der Waals surface area contributed by atoms with Crippen molar-refractivity contribution in [1.29, 1.82) is 5.41 Å². The molecule has 0 saturated carbocycles. The van der Waals surface area contributed by atoms with Crippen LogP contribution in [0, 0.1) is 5.41 Å². The number of aliphatic carboxylic acids is 1. The van der Waals surface area contributed by atoms with E-state index in [4.69, 9.17) is 15.9 Å². The van der Waals surface area contributed by atoms with Gasteiger partial charge in [0.25, 0.3) is 0 Å². The molecule has 0 spiro atoms. The molecule has 8 N–H and O–H groups in total. The van der Waals surface area contributed by atoms with E-state index in [0.29, 0.717) is 31.7 Å². The number of carboxylic acids is 1. The Morgan fingerprint density at radius 2 is 1.49 bits per heavy atom. The molecule has 0 aliphatic carbocycles. The summed E-state index contributed by atoms with van der Waals surface area (Å²) < 4.78 is 5.48. The second kappa shape index (κ2) is 19.5. The quantitative estimate of drug-likeness (QED) is 0.0568. The van der Waals surface area contributed by atoms with Crippen molar-refractivity contribution in [2.24, 2.45) is 5.73 Å². The summed E-state index contributed by atoms with van der Waals surface area (Å²) in [5.41, 5.74) is 6.79. The molecular weight excluding hydrogens is 576 g/mol. The molecule has 0 fully saturated rings. The first-order valence-electron chi connectivity index (χ1n) is 13.6. The van der Waals surface area contributed by atoms with E-state index >= 15 is 0 Å². The Labute approximate surface area is 257 Å². The molecule has 12 nitrogen and oxygen atoms in total. The van der Waals surface area contributed by atoms with Crippen LogP contribution < -0.4 is 31.7 Å². The van der Waals surface area contributed by atoms with E-state index < -0.39 is 41.8 Å². The smallest absolute Gasteiger partial charge is 0.326 e. The van der Waals surface area contributed by atoms with Crippen molar-refractivity contribution in [3.63, 3.8) is 0 Å². The number of benzene rings is 2. The van der Waals surface area contributed by atoms with Crippen molar-refractivity contribution < 1.29 is 29.0 Å². The Morgan fingerprint density at radius 1 is 0.907 bits per heavy atom. The van der Waals surface area contributed by atoms with E-state index in [1.165, 1.54) is 6.92 Å². The van der Waals surface area contributed by atoms with Crippen LogP contribution in [-0.2, 0) is 32.0 Å². The predicted octanol–water partition coefficient (Wildman–Crippen LogP) is 1.67. The number of carbonyl (C=O) groups is 4. The van der Waals surface area contributed by atoms with Crippen LogP contribution in [0.15, 0.2) is 67.3 Å². The molecule has 0 aliphatic rings. The topological polar surface area (TPSA) is 196 Å². The average molecular weight is 617 g/mol. The molecule has 0 aliphatic heterocycles. The van der Waals surface area contributed by atoms with Gasteiger partial charge in [0.05, 0.1) is 0 Å². The van der Waals surface area contributed by atoms with Gasteiger partial charge in [-0.05, 0) is 42.5 Å². The maximum Gasteiger partial charge on any atom is 0.326 e. The van der Waals surface area contributed by atoms with E-state index in [1.54, 1.807) is 60.7 Å². The minimum atomic E-state index is -1.22. The van der Waals surface area contributed by atoms with Crippen LogP contribution in [0.25, 0.3) is 0 Å². The summed E-state index contributed by atoms with van der Waals surface area (Å²) in [4.78, 5) is 50.6. The lowest BCUT2D eigenvalue weighted by Gasteiger charge is -2.24. The molecule has 2 rings (SSSR count). The first-order valence-corrected chi connectivity index (χ1v) is 13.6. The molecule has 3 atom stereocenters. The highest BCUT2D eigenvalue weighted by Gasteiger charge is 2.29. The average Bonchev–Trinajstić information content (AvgIpc) is 2.95. The summed E-state index contributed by atoms with van der Waals surface area (Å²) in [6, 6.07) is 12.6. The number of hydrogen-bond acceptors (Lipinski definition) is 6. The molecule has 234 valence electrons. The Kier molecular flexibility index (Phi) is 16.5. The zero-order valence-electron chi connectivity index (χ0n) is 24.1. The largest absolute Gasteiger partial charge is 0.490 e. The standard InChI is InChI=1S/C30H40N6O6.ClH/c1-3-17-42-23-14-12-22(13-15-23)18-25(34-20(2)37)28(39)35-24(11-7-8-16-33-30(31)32)27(38)36-26(29(40)41)19-21-9-5-4-6-10-21;/h3-6,9-10,12-15,24-26H,1,7-8,11,16-19H2,2H3,(H,34,37)(H,35,39)(H,36,38)(H,40,41)(H4,31,32,33);1H/t24-,25-,26-;/m0./s1. The highest BCUT2D eigenvalue weighted by Crippen LogP contribution is 2.14. The number of carbonyl (C=O) groups excluding carboxylic acids is 3. The molecule has 2 aromatic carbocycles. The maximum atomic E-state index is 13.4. The van der Waals surface area contributed by atoms with E-state index in [-0.39, 0.29) is 37.6 Å². The Bertz CT molecular complexity index is 1210. The lowest BCUT2D eigenvalue weighted by molar-refractivity contribution is -0.142. The molecule has 0 bridgehead atoms. The van der Waals surface area contributed by atoms with Crippen molar-refractivity contribution in [3.05, 3.63) is 78.4 Å². The van der Waals surface area contributed by atoms with E-state index in [2.05, 4.69) is 27.8 Å². The zero-order chi connectivity index (χ0) is 30.9. The van der Waals surface area contributed by atoms with Crippen molar-refractivity contribution >= 4 is 42.1 Å². The molecule has 43 heavy (non-hydrogen) atoms.